The van der Waals surface area contributed by atoms with Crippen molar-refractivity contribution in [3.63, 3.8) is 0 Å². The Bertz CT molecular complexity index is 749. The number of hydrogen-bond donors (Lipinski definition) is 1. The van der Waals surface area contributed by atoms with Gasteiger partial charge in [-0.1, -0.05) is 206 Å². The normalized spacial score (nSPS) is 13.9. The van der Waals surface area contributed by atoms with E-state index in [-0.39, 0.29) is 19.3 Å². The van der Waals surface area contributed by atoms with Gasteiger partial charge in [-0.3, -0.25) is 9.05 Å². The molecule has 1 unspecified atom stereocenters. The minimum atomic E-state index is -4.13. The van der Waals surface area contributed by atoms with E-state index in [9.17, 15) is 9.46 Å². The van der Waals surface area contributed by atoms with Crippen LogP contribution >= 0.6 is 7.82 Å². The number of likely N-dealkylation sites (N-methyl/N-ethyl adjacent to an activating group) is 1. The van der Waals surface area contributed by atoms with E-state index in [1.54, 1.807) is 0 Å². The number of phosphoric acid groups is 1. The van der Waals surface area contributed by atoms with Crippen LogP contribution in [0.3, 0.4) is 0 Å². The number of rotatable bonds is 44. The highest BCUT2D eigenvalue weighted by molar-refractivity contribution is 7.47. The molecule has 0 bridgehead atoms. The largest absolute Gasteiger partial charge is 0.472 e. The number of ether oxygens (including phenoxy) is 2. The molecule has 0 rings (SSSR count). The van der Waals surface area contributed by atoms with Gasteiger partial charge in [0.2, 0.25) is 0 Å². The molecule has 0 aliphatic heterocycles. The Morgan fingerprint density at radius 2 is 0.769 bits per heavy atom. The summed E-state index contributed by atoms with van der Waals surface area (Å²) >= 11 is 0. The number of nitrogens with zero attached hydrogens (tertiary/aromatic N) is 1. The molecule has 8 heteroatoms. The van der Waals surface area contributed by atoms with E-state index in [4.69, 9.17) is 18.5 Å². The highest BCUT2D eigenvalue weighted by Crippen LogP contribution is 2.43. The van der Waals surface area contributed by atoms with Crippen LogP contribution in [0.5, 0.6) is 0 Å². The number of hydrogen-bond acceptors (Lipinski definition) is 5. The standard InChI is InChI=1S/C44H92NO6P/c1-6-8-10-12-14-16-18-20-22-24-26-28-30-32-34-36-39-48-42-44(43-51-52(46,47)50-41-38-45(3,4)5)49-40-37-35-33-31-29-27-25-23-21-19-17-15-13-11-9-7-2/h44H,6-43H2,1-5H3/p+1/t44-/m0/s1. The molecule has 2 atom stereocenters. The summed E-state index contributed by atoms with van der Waals surface area (Å²) in [6, 6.07) is 0. The van der Waals surface area contributed by atoms with Gasteiger partial charge in [0.25, 0.3) is 0 Å². The molecule has 0 heterocycles. The maximum absolute atomic E-state index is 12.5. The molecule has 0 aromatic rings. The minimum absolute atomic E-state index is 0.00400. The fourth-order valence-corrected chi connectivity index (χ4v) is 7.40. The molecule has 1 N–H and O–H groups in total. The summed E-state index contributed by atoms with van der Waals surface area (Å²) in [6.45, 7) is 7.03. The van der Waals surface area contributed by atoms with Crippen LogP contribution in [-0.2, 0) is 23.1 Å². The molecule has 0 saturated heterocycles. The molecule has 0 aromatic heterocycles. The summed E-state index contributed by atoms with van der Waals surface area (Å²) in [5, 5.41) is 0. The van der Waals surface area contributed by atoms with Crippen molar-refractivity contribution in [3.05, 3.63) is 0 Å². The van der Waals surface area contributed by atoms with Crippen molar-refractivity contribution in [2.24, 2.45) is 0 Å². The first-order chi connectivity index (χ1) is 25.2. The van der Waals surface area contributed by atoms with Crippen molar-refractivity contribution in [2.75, 3.05) is 60.7 Å². The van der Waals surface area contributed by atoms with Crippen LogP contribution in [0.1, 0.15) is 219 Å². The Morgan fingerprint density at radius 3 is 1.12 bits per heavy atom. The predicted octanol–water partition coefficient (Wildman–Crippen LogP) is 13.8. The van der Waals surface area contributed by atoms with Crippen molar-refractivity contribution in [3.8, 4) is 0 Å². The van der Waals surface area contributed by atoms with E-state index in [1.165, 1.54) is 186 Å². The van der Waals surface area contributed by atoms with Gasteiger partial charge in [0, 0.05) is 13.2 Å². The molecular formula is C44H93NO6P+. The van der Waals surface area contributed by atoms with Gasteiger partial charge in [-0.05, 0) is 12.8 Å². The fourth-order valence-electron chi connectivity index (χ4n) is 6.66. The van der Waals surface area contributed by atoms with Crippen molar-refractivity contribution in [1.82, 2.24) is 0 Å². The molecular weight excluding hydrogens is 669 g/mol. The van der Waals surface area contributed by atoms with Gasteiger partial charge < -0.3 is 18.9 Å². The second-order valence-electron chi connectivity index (χ2n) is 16.8. The third kappa shape index (κ3) is 42.7. The topological polar surface area (TPSA) is 74.2 Å². The van der Waals surface area contributed by atoms with Crippen LogP contribution in [0.25, 0.3) is 0 Å². The molecule has 0 aliphatic carbocycles. The quantitative estimate of drug-likeness (QED) is 0.0378. The molecule has 0 fully saturated rings. The van der Waals surface area contributed by atoms with Crippen LogP contribution in [-0.4, -0.2) is 76.2 Å². The number of unbranched alkanes of at least 4 members (excludes halogenated alkanes) is 30. The molecule has 0 aromatic carbocycles. The molecule has 314 valence electrons. The molecule has 7 nitrogen and oxygen atoms in total. The average Bonchev–Trinajstić information content (AvgIpc) is 3.10. The maximum atomic E-state index is 12.5. The molecule has 0 amide bonds. The smallest absolute Gasteiger partial charge is 0.379 e. The lowest BCUT2D eigenvalue weighted by atomic mass is 10.0. The highest BCUT2D eigenvalue weighted by Gasteiger charge is 2.25. The maximum Gasteiger partial charge on any atom is 0.472 e. The Kier molecular flexibility index (Phi) is 39.2. The van der Waals surface area contributed by atoms with E-state index in [1.807, 2.05) is 21.1 Å². The molecule has 0 spiro atoms. The Hall–Kier alpha value is -0.0100. The second-order valence-corrected chi connectivity index (χ2v) is 18.2. The van der Waals surface area contributed by atoms with Crippen LogP contribution < -0.4 is 0 Å². The van der Waals surface area contributed by atoms with Gasteiger partial charge in [0.1, 0.15) is 19.3 Å². The van der Waals surface area contributed by atoms with Gasteiger partial charge in [0.05, 0.1) is 34.4 Å². The van der Waals surface area contributed by atoms with Crippen LogP contribution in [0, 0.1) is 0 Å². The lowest BCUT2D eigenvalue weighted by molar-refractivity contribution is -0.870. The van der Waals surface area contributed by atoms with Gasteiger partial charge >= 0.3 is 7.82 Å². The SMILES string of the molecule is CCCCCCCCCCCCCCCCCCOC[C@@H](COP(=O)(O)OCC[N+](C)(C)C)OCCCCCCCCCCCCCCCCCC. The van der Waals surface area contributed by atoms with Gasteiger partial charge in [-0.25, -0.2) is 4.57 Å². The van der Waals surface area contributed by atoms with Crippen molar-refractivity contribution < 1.29 is 32.5 Å². The summed E-state index contributed by atoms with van der Waals surface area (Å²) < 4.78 is 35.8. The fraction of sp³-hybridized carbons (Fsp3) is 1.00. The van der Waals surface area contributed by atoms with E-state index >= 15 is 0 Å². The van der Waals surface area contributed by atoms with Gasteiger partial charge in [0.15, 0.2) is 0 Å². The van der Waals surface area contributed by atoms with Crippen LogP contribution in [0.4, 0.5) is 0 Å². The van der Waals surface area contributed by atoms with E-state index in [2.05, 4.69) is 13.8 Å². The Morgan fingerprint density at radius 1 is 0.442 bits per heavy atom. The minimum Gasteiger partial charge on any atom is -0.379 e. The highest BCUT2D eigenvalue weighted by atomic mass is 31.2. The molecule has 0 radical (unpaired) electrons. The van der Waals surface area contributed by atoms with Crippen LogP contribution in [0.2, 0.25) is 0 Å². The van der Waals surface area contributed by atoms with E-state index < -0.39 is 7.82 Å². The van der Waals surface area contributed by atoms with Crippen molar-refractivity contribution >= 4 is 7.82 Å². The van der Waals surface area contributed by atoms with E-state index in [0.29, 0.717) is 30.8 Å². The monoisotopic (exact) mass is 763 g/mol. The number of phosphoric ester groups is 1. The predicted molar refractivity (Wildman–Crippen MR) is 224 cm³/mol. The summed E-state index contributed by atoms with van der Waals surface area (Å²) in [5.41, 5.74) is 0. The first-order valence-corrected chi connectivity index (χ1v) is 24.3. The summed E-state index contributed by atoms with van der Waals surface area (Å²) in [5.74, 6) is 0. The Labute approximate surface area is 325 Å². The Balaban J connectivity index is 4.03. The zero-order valence-corrected chi connectivity index (χ0v) is 36.7. The molecule has 0 aliphatic rings. The third-order valence-electron chi connectivity index (χ3n) is 10.2. The third-order valence-corrected chi connectivity index (χ3v) is 11.2. The van der Waals surface area contributed by atoms with Gasteiger partial charge in [-0.15, -0.1) is 0 Å². The van der Waals surface area contributed by atoms with Crippen molar-refractivity contribution in [2.45, 2.75) is 225 Å². The average molecular weight is 763 g/mol. The van der Waals surface area contributed by atoms with Crippen molar-refractivity contribution in [1.29, 1.82) is 0 Å². The molecule has 0 saturated carbocycles. The zero-order chi connectivity index (χ0) is 38.3. The summed E-state index contributed by atoms with van der Waals surface area (Å²) in [4.78, 5) is 10.2. The first kappa shape index (κ1) is 52.0. The lowest BCUT2D eigenvalue weighted by Crippen LogP contribution is -2.37. The molecule has 52 heavy (non-hydrogen) atoms. The van der Waals surface area contributed by atoms with Crippen LogP contribution in [0.15, 0.2) is 0 Å². The van der Waals surface area contributed by atoms with E-state index in [0.717, 1.165) is 19.3 Å². The second kappa shape index (κ2) is 39.2. The lowest BCUT2D eigenvalue weighted by Gasteiger charge is -2.24. The first-order valence-electron chi connectivity index (χ1n) is 22.8. The number of quaternary nitrogens is 1. The summed E-state index contributed by atoms with van der Waals surface area (Å²) in [7, 11) is 1.93. The van der Waals surface area contributed by atoms with Gasteiger partial charge in [-0.2, -0.15) is 0 Å². The summed E-state index contributed by atoms with van der Waals surface area (Å²) in [6.07, 6.45) is 42.7. The zero-order valence-electron chi connectivity index (χ0n) is 35.8.